The van der Waals surface area contributed by atoms with Gasteiger partial charge in [-0.15, -0.1) is 21.5 Å². The lowest BCUT2D eigenvalue weighted by Gasteiger charge is -2.02. The summed E-state index contributed by atoms with van der Waals surface area (Å²) >= 11 is 1.55. The van der Waals surface area contributed by atoms with E-state index >= 15 is 0 Å². The minimum Gasteiger partial charge on any atom is -0.497 e. The van der Waals surface area contributed by atoms with Gasteiger partial charge in [-0.1, -0.05) is 30.2 Å². The van der Waals surface area contributed by atoms with Gasteiger partial charge in [0, 0.05) is 22.2 Å². The first kappa shape index (κ1) is 17.9. The Morgan fingerprint density at radius 1 is 1.11 bits per heavy atom. The van der Waals surface area contributed by atoms with Crippen molar-refractivity contribution in [2.24, 2.45) is 0 Å². The first-order chi connectivity index (χ1) is 13.7. The van der Waals surface area contributed by atoms with E-state index in [-0.39, 0.29) is 0 Å². The number of methoxy groups -OCH3 is 1. The second kappa shape index (κ2) is 8.03. The molecule has 0 fully saturated rings. The van der Waals surface area contributed by atoms with Crippen LogP contribution in [0.3, 0.4) is 0 Å². The molecule has 6 nitrogen and oxygen atoms in total. The van der Waals surface area contributed by atoms with Crippen molar-refractivity contribution in [3.63, 3.8) is 0 Å². The average molecular weight is 387 g/mol. The molecule has 2 heterocycles. The SMILES string of the molecule is COc1ccc(Cn2nnc(-c3cccc(C#Cc4nc(C)cs4)c3)n2)cc1. The summed E-state index contributed by atoms with van der Waals surface area (Å²) in [6.45, 7) is 2.50. The van der Waals surface area contributed by atoms with E-state index in [1.54, 1.807) is 23.2 Å². The molecule has 0 atom stereocenters. The number of ether oxygens (including phenoxy) is 1. The van der Waals surface area contributed by atoms with E-state index in [1.807, 2.05) is 60.8 Å². The maximum Gasteiger partial charge on any atom is 0.204 e. The zero-order chi connectivity index (χ0) is 19.3. The Bertz CT molecular complexity index is 1150. The summed E-state index contributed by atoms with van der Waals surface area (Å²) < 4.78 is 5.18. The fourth-order valence-electron chi connectivity index (χ4n) is 2.59. The smallest absolute Gasteiger partial charge is 0.204 e. The van der Waals surface area contributed by atoms with Gasteiger partial charge < -0.3 is 4.74 Å². The Kier molecular flexibility index (Phi) is 5.13. The van der Waals surface area contributed by atoms with Crippen molar-refractivity contribution in [1.82, 2.24) is 25.2 Å². The molecule has 0 N–H and O–H groups in total. The predicted molar refractivity (Wildman–Crippen MR) is 108 cm³/mol. The summed E-state index contributed by atoms with van der Waals surface area (Å²) in [6, 6.07) is 15.6. The molecule has 4 aromatic rings. The Morgan fingerprint density at radius 2 is 1.96 bits per heavy atom. The molecule has 4 rings (SSSR count). The van der Waals surface area contributed by atoms with Crippen LogP contribution in [0.1, 0.15) is 21.8 Å². The van der Waals surface area contributed by atoms with E-state index in [1.165, 1.54) is 0 Å². The van der Waals surface area contributed by atoms with Crippen molar-refractivity contribution in [3.8, 4) is 29.0 Å². The number of aromatic nitrogens is 5. The summed E-state index contributed by atoms with van der Waals surface area (Å²) in [5, 5.41) is 15.6. The normalized spacial score (nSPS) is 10.4. The molecule has 2 aromatic heterocycles. The van der Waals surface area contributed by atoms with Gasteiger partial charge in [0.1, 0.15) is 5.75 Å². The number of hydrogen-bond donors (Lipinski definition) is 0. The second-order valence-electron chi connectivity index (χ2n) is 6.12. The summed E-state index contributed by atoms with van der Waals surface area (Å²) in [4.78, 5) is 5.94. The molecule has 0 aliphatic carbocycles. The Labute approximate surface area is 166 Å². The number of benzene rings is 2. The minimum atomic E-state index is 0.542. The van der Waals surface area contributed by atoms with Crippen molar-refractivity contribution < 1.29 is 4.74 Å². The molecule has 0 amide bonds. The molecule has 0 bridgehead atoms. The molecule has 0 unspecified atom stereocenters. The zero-order valence-electron chi connectivity index (χ0n) is 15.5. The summed E-state index contributed by atoms with van der Waals surface area (Å²) in [5.41, 5.74) is 3.82. The highest BCUT2D eigenvalue weighted by Crippen LogP contribution is 2.16. The van der Waals surface area contributed by atoms with Crippen molar-refractivity contribution in [2.75, 3.05) is 7.11 Å². The van der Waals surface area contributed by atoms with Crippen LogP contribution in [0.15, 0.2) is 53.9 Å². The van der Waals surface area contributed by atoms with E-state index in [0.29, 0.717) is 12.4 Å². The van der Waals surface area contributed by atoms with E-state index in [0.717, 1.165) is 33.1 Å². The van der Waals surface area contributed by atoms with Crippen LogP contribution < -0.4 is 4.74 Å². The molecular formula is C21H17N5OS. The monoisotopic (exact) mass is 387 g/mol. The van der Waals surface area contributed by atoms with Gasteiger partial charge in [0.2, 0.25) is 5.82 Å². The molecule has 0 radical (unpaired) electrons. The average Bonchev–Trinajstić information content (AvgIpc) is 3.36. The van der Waals surface area contributed by atoms with Crippen LogP contribution in [0.5, 0.6) is 5.75 Å². The zero-order valence-corrected chi connectivity index (χ0v) is 16.3. The fraction of sp³-hybridized carbons (Fsp3) is 0.143. The summed E-state index contributed by atoms with van der Waals surface area (Å²) in [5.74, 6) is 7.63. The van der Waals surface area contributed by atoms with Gasteiger partial charge >= 0.3 is 0 Å². The number of nitrogens with zero attached hydrogens (tertiary/aromatic N) is 5. The largest absolute Gasteiger partial charge is 0.497 e. The quantitative estimate of drug-likeness (QED) is 0.501. The van der Waals surface area contributed by atoms with Crippen LogP contribution in [-0.4, -0.2) is 32.3 Å². The van der Waals surface area contributed by atoms with Gasteiger partial charge in [-0.3, -0.25) is 0 Å². The molecule has 0 aliphatic heterocycles. The molecule has 28 heavy (non-hydrogen) atoms. The van der Waals surface area contributed by atoms with Gasteiger partial charge in [0.15, 0.2) is 5.01 Å². The number of rotatable bonds is 4. The van der Waals surface area contributed by atoms with Gasteiger partial charge in [0.25, 0.3) is 0 Å². The van der Waals surface area contributed by atoms with E-state index in [2.05, 4.69) is 32.2 Å². The second-order valence-corrected chi connectivity index (χ2v) is 6.97. The van der Waals surface area contributed by atoms with Crippen molar-refractivity contribution in [1.29, 1.82) is 0 Å². The van der Waals surface area contributed by atoms with Crippen LogP contribution in [0, 0.1) is 18.8 Å². The fourth-order valence-corrected chi connectivity index (χ4v) is 3.23. The number of thiazole rings is 1. The van der Waals surface area contributed by atoms with Gasteiger partial charge in [0.05, 0.1) is 13.7 Å². The van der Waals surface area contributed by atoms with E-state index in [4.69, 9.17) is 4.74 Å². The van der Waals surface area contributed by atoms with Crippen LogP contribution in [0.2, 0.25) is 0 Å². The third kappa shape index (κ3) is 4.24. The number of hydrogen-bond acceptors (Lipinski definition) is 6. The number of tetrazole rings is 1. The van der Waals surface area contributed by atoms with Gasteiger partial charge in [-0.05, 0) is 47.9 Å². The van der Waals surface area contributed by atoms with Crippen LogP contribution in [0.25, 0.3) is 11.4 Å². The van der Waals surface area contributed by atoms with Crippen LogP contribution in [-0.2, 0) is 6.54 Å². The molecule has 0 aliphatic rings. The Balaban J connectivity index is 1.51. The van der Waals surface area contributed by atoms with Crippen LogP contribution in [0.4, 0.5) is 0 Å². The highest BCUT2D eigenvalue weighted by Gasteiger charge is 2.07. The lowest BCUT2D eigenvalue weighted by atomic mass is 10.1. The Hall–Kier alpha value is -3.50. The maximum absolute atomic E-state index is 5.18. The van der Waals surface area contributed by atoms with E-state index < -0.39 is 0 Å². The molecule has 2 aromatic carbocycles. The standard InChI is InChI=1S/C21H17N5OS/c1-15-14-28-20(22-15)11-8-16-4-3-5-18(12-16)21-23-25-26(24-21)13-17-6-9-19(27-2)10-7-17/h3-7,9-10,12,14H,13H2,1-2H3. The van der Waals surface area contributed by atoms with Crippen molar-refractivity contribution in [2.45, 2.75) is 13.5 Å². The third-order valence-electron chi connectivity index (χ3n) is 3.99. The van der Waals surface area contributed by atoms with Gasteiger partial charge in [-0.25, -0.2) is 4.98 Å². The minimum absolute atomic E-state index is 0.542. The highest BCUT2D eigenvalue weighted by molar-refractivity contribution is 7.10. The van der Waals surface area contributed by atoms with Crippen LogP contribution >= 0.6 is 11.3 Å². The van der Waals surface area contributed by atoms with Gasteiger partial charge in [-0.2, -0.15) is 4.80 Å². The molecule has 0 saturated heterocycles. The Morgan fingerprint density at radius 3 is 2.71 bits per heavy atom. The molecule has 138 valence electrons. The molecule has 7 heteroatoms. The summed E-state index contributed by atoms with van der Waals surface area (Å²) in [6.07, 6.45) is 0. The first-order valence-corrected chi connectivity index (χ1v) is 9.53. The maximum atomic E-state index is 5.18. The highest BCUT2D eigenvalue weighted by atomic mass is 32.1. The molecule has 0 saturated carbocycles. The topological polar surface area (TPSA) is 65.7 Å². The first-order valence-electron chi connectivity index (χ1n) is 8.65. The van der Waals surface area contributed by atoms with Crippen molar-refractivity contribution in [3.05, 3.63) is 75.7 Å². The lowest BCUT2D eigenvalue weighted by Crippen LogP contribution is -2.04. The summed E-state index contributed by atoms with van der Waals surface area (Å²) in [7, 11) is 1.65. The number of aryl methyl sites for hydroxylation is 1. The van der Waals surface area contributed by atoms with E-state index in [9.17, 15) is 0 Å². The van der Waals surface area contributed by atoms with Crippen molar-refractivity contribution >= 4 is 11.3 Å². The third-order valence-corrected chi connectivity index (χ3v) is 4.87. The molecular weight excluding hydrogens is 370 g/mol. The molecule has 0 spiro atoms. The lowest BCUT2D eigenvalue weighted by molar-refractivity contribution is 0.414. The predicted octanol–water partition coefficient (Wildman–Crippen LogP) is 3.56.